The van der Waals surface area contributed by atoms with Crippen molar-refractivity contribution in [2.75, 3.05) is 0 Å². The molecule has 0 radical (unpaired) electrons. The maximum atomic E-state index is 12.2. The highest BCUT2D eigenvalue weighted by molar-refractivity contribution is 5.71. The van der Waals surface area contributed by atoms with Crippen LogP contribution < -0.4 is 5.56 Å². The highest BCUT2D eigenvalue weighted by atomic mass is 16.4. The molecule has 0 saturated heterocycles. The molecule has 0 amide bonds. The second-order valence-corrected chi connectivity index (χ2v) is 5.00. The van der Waals surface area contributed by atoms with E-state index in [1.165, 1.54) is 4.57 Å². The fourth-order valence-corrected chi connectivity index (χ4v) is 2.27. The van der Waals surface area contributed by atoms with Crippen LogP contribution in [0.3, 0.4) is 0 Å². The molecule has 0 saturated carbocycles. The first-order valence-corrected chi connectivity index (χ1v) is 6.38. The normalized spacial score (nSPS) is 10.6. The highest BCUT2D eigenvalue weighted by Crippen LogP contribution is 2.23. The summed E-state index contributed by atoms with van der Waals surface area (Å²) in [6.07, 6.45) is -0.250. The van der Waals surface area contributed by atoms with Crippen molar-refractivity contribution in [2.45, 2.75) is 20.3 Å². The van der Waals surface area contributed by atoms with Crippen molar-refractivity contribution in [3.8, 4) is 11.3 Å². The van der Waals surface area contributed by atoms with Crippen LogP contribution in [0.4, 0.5) is 0 Å². The van der Waals surface area contributed by atoms with Crippen LogP contribution in [-0.4, -0.2) is 15.6 Å². The quantitative estimate of drug-likeness (QED) is 0.931. The molecule has 2 rings (SSSR count). The van der Waals surface area contributed by atoms with Crippen LogP contribution in [0.1, 0.15) is 16.7 Å². The Morgan fingerprint density at radius 2 is 1.90 bits per heavy atom. The average molecular weight is 271 g/mol. The van der Waals surface area contributed by atoms with Crippen molar-refractivity contribution < 1.29 is 9.90 Å². The Kier molecular flexibility index (Phi) is 3.74. The third kappa shape index (κ3) is 2.64. The molecule has 0 aliphatic heterocycles. The standard InChI is InChI=1S/C16H17NO3/c1-10-4-5-11(2)13(8-10)14-7-6-12(9-15(18)19)16(20)17(14)3/h4-8H,9H2,1-3H3,(H,18,19). The van der Waals surface area contributed by atoms with Gasteiger partial charge in [0.05, 0.1) is 12.1 Å². The second-order valence-electron chi connectivity index (χ2n) is 5.00. The van der Waals surface area contributed by atoms with Gasteiger partial charge in [-0.05, 0) is 31.5 Å². The van der Waals surface area contributed by atoms with Gasteiger partial charge in [-0.15, -0.1) is 0 Å². The number of rotatable bonds is 3. The number of nitrogens with zero attached hydrogens (tertiary/aromatic N) is 1. The molecule has 104 valence electrons. The molecular formula is C16H17NO3. The molecule has 0 spiro atoms. The molecular weight excluding hydrogens is 254 g/mol. The third-order valence-electron chi connectivity index (χ3n) is 3.39. The van der Waals surface area contributed by atoms with E-state index in [0.29, 0.717) is 5.56 Å². The summed E-state index contributed by atoms with van der Waals surface area (Å²) in [5.41, 5.74) is 4.03. The molecule has 20 heavy (non-hydrogen) atoms. The van der Waals surface area contributed by atoms with E-state index in [-0.39, 0.29) is 12.0 Å². The summed E-state index contributed by atoms with van der Waals surface area (Å²) in [6, 6.07) is 9.48. The number of hydrogen-bond acceptors (Lipinski definition) is 2. The van der Waals surface area contributed by atoms with Gasteiger partial charge >= 0.3 is 5.97 Å². The molecule has 1 heterocycles. The van der Waals surface area contributed by atoms with Crippen LogP contribution in [0.5, 0.6) is 0 Å². The van der Waals surface area contributed by atoms with Crippen LogP contribution in [0.25, 0.3) is 11.3 Å². The van der Waals surface area contributed by atoms with Gasteiger partial charge in [-0.25, -0.2) is 0 Å². The maximum Gasteiger partial charge on any atom is 0.308 e. The van der Waals surface area contributed by atoms with Gasteiger partial charge < -0.3 is 9.67 Å². The van der Waals surface area contributed by atoms with Crippen molar-refractivity contribution in [1.82, 2.24) is 4.57 Å². The van der Waals surface area contributed by atoms with Crippen LogP contribution in [0.15, 0.2) is 35.1 Å². The lowest BCUT2D eigenvalue weighted by Gasteiger charge is -2.13. The van der Waals surface area contributed by atoms with E-state index >= 15 is 0 Å². The minimum atomic E-state index is -0.999. The monoisotopic (exact) mass is 271 g/mol. The fraction of sp³-hybridized carbons (Fsp3) is 0.250. The summed E-state index contributed by atoms with van der Waals surface area (Å²) >= 11 is 0. The molecule has 4 heteroatoms. The van der Waals surface area contributed by atoms with E-state index in [9.17, 15) is 9.59 Å². The largest absolute Gasteiger partial charge is 0.481 e. The summed E-state index contributed by atoms with van der Waals surface area (Å²) in [5, 5.41) is 8.80. The molecule has 2 aromatic rings. The number of pyridine rings is 1. The molecule has 1 aromatic heterocycles. The minimum Gasteiger partial charge on any atom is -0.481 e. The Morgan fingerprint density at radius 1 is 1.20 bits per heavy atom. The van der Waals surface area contributed by atoms with E-state index in [0.717, 1.165) is 22.4 Å². The Morgan fingerprint density at radius 3 is 2.55 bits per heavy atom. The van der Waals surface area contributed by atoms with Crippen molar-refractivity contribution in [3.63, 3.8) is 0 Å². The Bertz CT molecular complexity index is 729. The van der Waals surface area contributed by atoms with Gasteiger partial charge in [0.2, 0.25) is 0 Å². The molecule has 0 atom stereocenters. The van der Waals surface area contributed by atoms with Gasteiger partial charge in [0.25, 0.3) is 5.56 Å². The Hall–Kier alpha value is -2.36. The lowest BCUT2D eigenvalue weighted by Crippen LogP contribution is -2.24. The van der Waals surface area contributed by atoms with Gasteiger partial charge in [0.15, 0.2) is 0 Å². The van der Waals surface area contributed by atoms with Gasteiger partial charge in [0, 0.05) is 18.2 Å². The zero-order valence-corrected chi connectivity index (χ0v) is 11.8. The van der Waals surface area contributed by atoms with Gasteiger partial charge in [-0.3, -0.25) is 9.59 Å². The summed E-state index contributed by atoms with van der Waals surface area (Å²) in [6.45, 7) is 3.99. The van der Waals surface area contributed by atoms with Gasteiger partial charge in [-0.1, -0.05) is 23.8 Å². The van der Waals surface area contributed by atoms with E-state index in [2.05, 4.69) is 0 Å². The Balaban J connectivity index is 2.60. The fourth-order valence-electron chi connectivity index (χ4n) is 2.27. The lowest BCUT2D eigenvalue weighted by atomic mass is 10.0. The summed E-state index contributed by atoms with van der Waals surface area (Å²) in [4.78, 5) is 22.9. The predicted octanol–water partition coefficient (Wildman–Crippen LogP) is 2.30. The summed E-state index contributed by atoms with van der Waals surface area (Å²) < 4.78 is 1.51. The van der Waals surface area contributed by atoms with Crippen LogP contribution >= 0.6 is 0 Å². The second kappa shape index (κ2) is 5.33. The zero-order chi connectivity index (χ0) is 14.9. The van der Waals surface area contributed by atoms with Crippen LogP contribution in [0.2, 0.25) is 0 Å². The molecule has 0 aliphatic rings. The molecule has 0 unspecified atom stereocenters. The molecule has 0 bridgehead atoms. The molecule has 0 fully saturated rings. The van der Waals surface area contributed by atoms with E-state index in [1.807, 2.05) is 32.0 Å². The molecule has 0 aliphatic carbocycles. The Labute approximate surface area is 117 Å². The first-order chi connectivity index (χ1) is 9.40. The maximum absolute atomic E-state index is 12.2. The minimum absolute atomic E-state index is 0.250. The van der Waals surface area contributed by atoms with Crippen molar-refractivity contribution in [3.05, 3.63) is 57.4 Å². The smallest absolute Gasteiger partial charge is 0.308 e. The van der Waals surface area contributed by atoms with E-state index in [1.54, 1.807) is 19.2 Å². The number of benzene rings is 1. The molecule has 4 nitrogen and oxygen atoms in total. The number of aliphatic carboxylic acids is 1. The number of carboxylic acid groups (broad SMARTS) is 1. The topological polar surface area (TPSA) is 59.3 Å². The number of carbonyl (C=O) groups is 1. The van der Waals surface area contributed by atoms with Crippen molar-refractivity contribution >= 4 is 5.97 Å². The highest BCUT2D eigenvalue weighted by Gasteiger charge is 2.11. The van der Waals surface area contributed by atoms with Crippen LogP contribution in [0, 0.1) is 13.8 Å². The first kappa shape index (κ1) is 14.1. The summed E-state index contributed by atoms with van der Waals surface area (Å²) in [7, 11) is 1.67. The van der Waals surface area contributed by atoms with Crippen molar-refractivity contribution in [1.29, 1.82) is 0 Å². The van der Waals surface area contributed by atoms with Crippen molar-refractivity contribution in [2.24, 2.45) is 7.05 Å². The molecule has 1 N–H and O–H groups in total. The first-order valence-electron chi connectivity index (χ1n) is 6.38. The molecule has 1 aromatic carbocycles. The van der Waals surface area contributed by atoms with E-state index in [4.69, 9.17) is 5.11 Å². The predicted molar refractivity (Wildman–Crippen MR) is 77.9 cm³/mol. The number of aryl methyl sites for hydroxylation is 2. The zero-order valence-electron chi connectivity index (χ0n) is 11.8. The number of aromatic nitrogens is 1. The number of hydrogen-bond donors (Lipinski definition) is 1. The van der Waals surface area contributed by atoms with E-state index < -0.39 is 5.97 Å². The third-order valence-corrected chi connectivity index (χ3v) is 3.39. The lowest BCUT2D eigenvalue weighted by molar-refractivity contribution is -0.136. The SMILES string of the molecule is Cc1ccc(C)c(-c2ccc(CC(=O)O)c(=O)n2C)c1. The van der Waals surface area contributed by atoms with Gasteiger partial charge in [0.1, 0.15) is 0 Å². The van der Waals surface area contributed by atoms with Gasteiger partial charge in [-0.2, -0.15) is 0 Å². The average Bonchev–Trinajstić information content (AvgIpc) is 2.38. The van der Waals surface area contributed by atoms with Crippen LogP contribution in [-0.2, 0) is 18.3 Å². The summed E-state index contributed by atoms with van der Waals surface area (Å²) in [5.74, 6) is -0.999. The number of carboxylic acids is 1.